The van der Waals surface area contributed by atoms with E-state index in [4.69, 9.17) is 17.3 Å². The maximum Gasteiger partial charge on any atom is 0.248 e. The van der Waals surface area contributed by atoms with E-state index >= 15 is 0 Å². The molecule has 0 saturated carbocycles. The molecule has 4 rings (SSSR count). The van der Waals surface area contributed by atoms with Crippen molar-refractivity contribution in [2.75, 3.05) is 5.32 Å². The van der Waals surface area contributed by atoms with Gasteiger partial charge in [-0.1, -0.05) is 22.9 Å². The fourth-order valence-corrected chi connectivity index (χ4v) is 4.07. The Bertz CT molecular complexity index is 1230. The Morgan fingerprint density at radius 2 is 2.00 bits per heavy atom. The standard InChI is InChI=1S/C19H16ClN5O2S/c1-25-14-5-3-11(20)9-13(14)22-16(25)6-7-17(26)24-19-23-12-4-2-10(18(21)27)8-15(12)28-19/h2-5,8-9H,6-7H2,1H3,(H2,21,27)(H,23,24,26). The van der Waals surface area contributed by atoms with Gasteiger partial charge in [0.15, 0.2) is 5.13 Å². The van der Waals surface area contributed by atoms with Gasteiger partial charge in [0.2, 0.25) is 11.8 Å². The van der Waals surface area contributed by atoms with E-state index in [0.717, 1.165) is 21.6 Å². The number of nitrogens with zero attached hydrogens (tertiary/aromatic N) is 3. The van der Waals surface area contributed by atoms with E-state index in [2.05, 4.69) is 15.3 Å². The first-order valence-corrected chi connectivity index (χ1v) is 9.71. The summed E-state index contributed by atoms with van der Waals surface area (Å²) in [7, 11) is 1.92. The zero-order chi connectivity index (χ0) is 19.8. The number of carbonyl (C=O) groups excluding carboxylic acids is 2. The molecule has 7 nitrogen and oxygen atoms in total. The minimum atomic E-state index is -0.496. The van der Waals surface area contributed by atoms with Gasteiger partial charge in [-0.15, -0.1) is 0 Å². The predicted molar refractivity (Wildman–Crippen MR) is 111 cm³/mol. The van der Waals surface area contributed by atoms with Crippen LogP contribution < -0.4 is 11.1 Å². The molecule has 0 fully saturated rings. The number of rotatable bonds is 5. The molecule has 0 aliphatic heterocycles. The van der Waals surface area contributed by atoms with E-state index in [1.165, 1.54) is 11.3 Å². The molecule has 4 aromatic rings. The molecule has 0 bridgehead atoms. The minimum absolute atomic E-state index is 0.153. The molecule has 28 heavy (non-hydrogen) atoms. The number of thiazole rings is 1. The van der Waals surface area contributed by atoms with Crippen LogP contribution in [0.4, 0.5) is 5.13 Å². The van der Waals surface area contributed by atoms with Gasteiger partial charge >= 0.3 is 0 Å². The number of amides is 2. The maximum atomic E-state index is 12.3. The number of primary amides is 1. The Hall–Kier alpha value is -2.97. The Balaban J connectivity index is 1.45. The summed E-state index contributed by atoms with van der Waals surface area (Å²) in [5, 5.41) is 3.92. The lowest BCUT2D eigenvalue weighted by Gasteiger charge is -2.03. The van der Waals surface area contributed by atoms with Gasteiger partial charge in [0, 0.05) is 30.5 Å². The van der Waals surface area contributed by atoms with E-state index in [9.17, 15) is 9.59 Å². The number of nitrogens with one attached hydrogen (secondary N) is 1. The molecule has 2 amide bonds. The highest BCUT2D eigenvalue weighted by Gasteiger charge is 2.13. The number of aryl methyl sites for hydroxylation is 2. The van der Waals surface area contributed by atoms with Crippen LogP contribution in [0.1, 0.15) is 22.6 Å². The molecule has 2 aromatic carbocycles. The van der Waals surface area contributed by atoms with Crippen LogP contribution >= 0.6 is 22.9 Å². The van der Waals surface area contributed by atoms with Crippen LogP contribution in [0.3, 0.4) is 0 Å². The Kier molecular flexibility index (Phi) is 4.74. The molecule has 0 spiro atoms. The molecule has 0 aliphatic carbocycles. The second kappa shape index (κ2) is 7.21. The number of anilines is 1. The van der Waals surface area contributed by atoms with Gasteiger partial charge in [-0.3, -0.25) is 9.59 Å². The van der Waals surface area contributed by atoms with E-state index in [-0.39, 0.29) is 12.3 Å². The van der Waals surface area contributed by atoms with E-state index in [0.29, 0.717) is 27.7 Å². The first kappa shape index (κ1) is 18.4. The van der Waals surface area contributed by atoms with Crippen molar-refractivity contribution in [1.29, 1.82) is 0 Å². The quantitative estimate of drug-likeness (QED) is 0.522. The zero-order valence-electron chi connectivity index (χ0n) is 14.9. The van der Waals surface area contributed by atoms with E-state index in [1.807, 2.05) is 29.8 Å². The summed E-state index contributed by atoms with van der Waals surface area (Å²) in [5.74, 6) is 0.159. The second-order valence-corrected chi connectivity index (χ2v) is 7.80. The number of benzene rings is 2. The molecule has 0 unspecified atom stereocenters. The van der Waals surface area contributed by atoms with Gasteiger partial charge in [0.25, 0.3) is 0 Å². The summed E-state index contributed by atoms with van der Waals surface area (Å²) in [6.45, 7) is 0. The Morgan fingerprint density at radius 1 is 1.18 bits per heavy atom. The summed E-state index contributed by atoms with van der Waals surface area (Å²) >= 11 is 7.31. The maximum absolute atomic E-state index is 12.3. The van der Waals surface area contributed by atoms with Crippen LogP contribution in [0.25, 0.3) is 21.3 Å². The van der Waals surface area contributed by atoms with Crippen LogP contribution in [0.2, 0.25) is 5.02 Å². The molecule has 3 N–H and O–H groups in total. The van der Waals surface area contributed by atoms with E-state index < -0.39 is 5.91 Å². The lowest BCUT2D eigenvalue weighted by Crippen LogP contribution is -2.13. The number of nitrogens with two attached hydrogens (primary N) is 1. The summed E-state index contributed by atoms with van der Waals surface area (Å²) in [5.41, 5.74) is 8.19. The average molecular weight is 414 g/mol. The minimum Gasteiger partial charge on any atom is -0.366 e. The summed E-state index contributed by atoms with van der Waals surface area (Å²) in [6, 6.07) is 10.5. The van der Waals surface area contributed by atoms with Crippen LogP contribution in [0.5, 0.6) is 0 Å². The molecule has 0 atom stereocenters. The third kappa shape index (κ3) is 3.56. The number of halogens is 1. The van der Waals surface area contributed by atoms with Crippen LogP contribution in [0.15, 0.2) is 36.4 Å². The number of fused-ring (bicyclic) bond motifs is 2. The number of hydrogen-bond acceptors (Lipinski definition) is 5. The smallest absolute Gasteiger partial charge is 0.248 e. The topological polar surface area (TPSA) is 103 Å². The monoisotopic (exact) mass is 413 g/mol. The van der Waals surface area contributed by atoms with Gasteiger partial charge in [-0.2, -0.15) is 0 Å². The van der Waals surface area contributed by atoms with Gasteiger partial charge in [0.05, 0.1) is 21.3 Å². The molecule has 2 aromatic heterocycles. The molecule has 0 aliphatic rings. The highest BCUT2D eigenvalue weighted by atomic mass is 35.5. The number of imidazole rings is 1. The van der Waals surface area contributed by atoms with Gasteiger partial charge in [0.1, 0.15) is 5.82 Å². The fraction of sp³-hybridized carbons (Fsp3) is 0.158. The lowest BCUT2D eigenvalue weighted by atomic mass is 10.2. The summed E-state index contributed by atoms with van der Waals surface area (Å²) in [4.78, 5) is 32.5. The van der Waals surface area contributed by atoms with Crippen LogP contribution in [-0.2, 0) is 18.3 Å². The number of hydrogen-bond donors (Lipinski definition) is 2. The first-order valence-electron chi connectivity index (χ1n) is 8.52. The third-order valence-electron chi connectivity index (χ3n) is 4.43. The zero-order valence-corrected chi connectivity index (χ0v) is 16.5. The van der Waals surface area contributed by atoms with Gasteiger partial charge in [-0.05, 0) is 36.4 Å². The Morgan fingerprint density at radius 3 is 2.79 bits per heavy atom. The molecule has 0 radical (unpaired) electrons. The molecular weight excluding hydrogens is 398 g/mol. The summed E-state index contributed by atoms with van der Waals surface area (Å²) < 4.78 is 2.75. The Labute approximate surface area is 169 Å². The van der Waals surface area contributed by atoms with Crippen molar-refractivity contribution >= 4 is 61.1 Å². The SMILES string of the molecule is Cn1c(CCC(=O)Nc2nc3ccc(C(N)=O)cc3s2)nc2cc(Cl)ccc21. The second-order valence-electron chi connectivity index (χ2n) is 6.33. The fourth-order valence-electron chi connectivity index (χ4n) is 2.98. The van der Waals surface area contributed by atoms with Crippen molar-refractivity contribution in [3.8, 4) is 0 Å². The molecule has 2 heterocycles. The number of carbonyl (C=O) groups is 2. The van der Waals surface area contributed by atoms with Crippen LogP contribution in [0, 0.1) is 0 Å². The highest BCUT2D eigenvalue weighted by molar-refractivity contribution is 7.22. The van der Waals surface area contributed by atoms with Crippen LogP contribution in [-0.4, -0.2) is 26.3 Å². The summed E-state index contributed by atoms with van der Waals surface area (Å²) in [6.07, 6.45) is 0.763. The molecular formula is C19H16ClN5O2S. The first-order chi connectivity index (χ1) is 13.4. The van der Waals surface area contributed by atoms with Crippen molar-refractivity contribution < 1.29 is 9.59 Å². The molecule has 0 saturated heterocycles. The van der Waals surface area contributed by atoms with Crippen molar-refractivity contribution in [3.05, 3.63) is 52.8 Å². The largest absolute Gasteiger partial charge is 0.366 e. The normalized spacial score (nSPS) is 11.2. The lowest BCUT2D eigenvalue weighted by molar-refractivity contribution is -0.116. The van der Waals surface area contributed by atoms with Crippen molar-refractivity contribution in [2.24, 2.45) is 12.8 Å². The van der Waals surface area contributed by atoms with E-state index in [1.54, 1.807) is 18.2 Å². The van der Waals surface area contributed by atoms with Crippen molar-refractivity contribution in [3.63, 3.8) is 0 Å². The predicted octanol–water partition coefficient (Wildman–Crippen LogP) is 3.51. The number of aromatic nitrogens is 3. The average Bonchev–Trinajstić information content (AvgIpc) is 3.19. The molecule has 9 heteroatoms. The third-order valence-corrected chi connectivity index (χ3v) is 5.60. The molecule has 142 valence electrons. The van der Waals surface area contributed by atoms with Crippen molar-refractivity contribution in [2.45, 2.75) is 12.8 Å². The van der Waals surface area contributed by atoms with Gasteiger partial charge < -0.3 is 15.6 Å². The van der Waals surface area contributed by atoms with Gasteiger partial charge in [-0.25, -0.2) is 9.97 Å². The van der Waals surface area contributed by atoms with Crippen molar-refractivity contribution in [1.82, 2.24) is 14.5 Å². The highest BCUT2D eigenvalue weighted by Crippen LogP contribution is 2.27.